The van der Waals surface area contributed by atoms with Gasteiger partial charge >= 0.3 is 0 Å². The highest BCUT2D eigenvalue weighted by atomic mass is 15.6. The van der Waals surface area contributed by atoms with E-state index in [0.29, 0.717) is 5.95 Å². The van der Waals surface area contributed by atoms with E-state index in [2.05, 4.69) is 39.6 Å². The minimum absolute atomic E-state index is 0.0912. The van der Waals surface area contributed by atoms with Crippen LogP contribution in [-0.2, 0) is 0 Å². The maximum Gasteiger partial charge on any atom is 0.247 e. The van der Waals surface area contributed by atoms with Crippen LogP contribution >= 0.6 is 0 Å². The average molecular weight is 300 g/mol. The number of nitrogens with one attached hydrogen (secondary N) is 1. The maximum atomic E-state index is 4.11. The van der Waals surface area contributed by atoms with Gasteiger partial charge in [-0.15, -0.1) is 0 Å². The van der Waals surface area contributed by atoms with Crippen molar-refractivity contribution in [2.24, 2.45) is 0 Å². The number of anilines is 1. The van der Waals surface area contributed by atoms with Crippen LogP contribution in [0.4, 0.5) is 5.95 Å². The van der Waals surface area contributed by atoms with Crippen molar-refractivity contribution in [3.63, 3.8) is 0 Å². The highest BCUT2D eigenvalue weighted by molar-refractivity contribution is 5.38. The molecule has 1 saturated heterocycles. The summed E-state index contributed by atoms with van der Waals surface area (Å²) in [4.78, 5) is 2.56. The fourth-order valence-corrected chi connectivity index (χ4v) is 2.95. The predicted molar refractivity (Wildman–Crippen MR) is 87.1 cm³/mol. The average Bonchev–Trinajstić information content (AvgIpc) is 3.03. The van der Waals surface area contributed by atoms with Crippen LogP contribution in [0.5, 0.6) is 0 Å². The number of likely N-dealkylation sites (tertiary alicyclic amines) is 1. The van der Waals surface area contributed by atoms with Gasteiger partial charge in [0.2, 0.25) is 5.95 Å². The molecule has 1 fully saturated rings. The molecule has 1 aromatic carbocycles. The molecule has 22 heavy (non-hydrogen) atoms. The molecule has 6 heteroatoms. The smallest absolute Gasteiger partial charge is 0.247 e. The van der Waals surface area contributed by atoms with Gasteiger partial charge in [-0.2, -0.15) is 4.68 Å². The summed E-state index contributed by atoms with van der Waals surface area (Å²) in [7, 11) is 0. The highest BCUT2D eigenvalue weighted by Crippen LogP contribution is 2.21. The molecule has 1 N–H and O–H groups in total. The van der Waals surface area contributed by atoms with E-state index in [0.717, 1.165) is 12.2 Å². The quantitative estimate of drug-likeness (QED) is 0.918. The number of piperidine rings is 1. The van der Waals surface area contributed by atoms with Gasteiger partial charge in [0.25, 0.3) is 0 Å². The van der Waals surface area contributed by atoms with E-state index in [1.807, 2.05) is 30.3 Å². The molecule has 1 aliphatic rings. The number of para-hydroxylation sites is 1. The molecule has 0 bridgehead atoms. The van der Waals surface area contributed by atoms with Crippen molar-refractivity contribution in [2.45, 2.75) is 38.6 Å². The number of nitrogens with zero attached hydrogens (tertiary/aromatic N) is 5. The zero-order valence-electron chi connectivity index (χ0n) is 13.4. The molecule has 0 aliphatic carbocycles. The van der Waals surface area contributed by atoms with Gasteiger partial charge in [0.15, 0.2) is 0 Å². The molecule has 2 aromatic rings. The van der Waals surface area contributed by atoms with Crippen LogP contribution in [0, 0.1) is 0 Å². The normalized spacial score (nSPS) is 16.6. The zero-order valence-corrected chi connectivity index (χ0v) is 13.4. The van der Waals surface area contributed by atoms with Crippen molar-refractivity contribution in [3.05, 3.63) is 30.3 Å². The Bertz CT molecular complexity index is 586. The minimum Gasteiger partial charge on any atom is -0.351 e. The van der Waals surface area contributed by atoms with Crippen molar-refractivity contribution in [1.29, 1.82) is 0 Å². The Labute approximate surface area is 131 Å². The molecule has 6 nitrogen and oxygen atoms in total. The summed E-state index contributed by atoms with van der Waals surface area (Å²) in [5.74, 6) is 0.691. The monoisotopic (exact) mass is 300 g/mol. The summed E-state index contributed by atoms with van der Waals surface area (Å²) in [6.45, 7) is 7.74. The summed E-state index contributed by atoms with van der Waals surface area (Å²) in [5, 5.41) is 15.4. The molecule has 0 amide bonds. The van der Waals surface area contributed by atoms with Gasteiger partial charge in [0, 0.05) is 12.1 Å². The first-order valence-corrected chi connectivity index (χ1v) is 7.99. The van der Waals surface area contributed by atoms with E-state index in [9.17, 15) is 0 Å². The minimum atomic E-state index is 0.0912. The summed E-state index contributed by atoms with van der Waals surface area (Å²) >= 11 is 0. The van der Waals surface area contributed by atoms with Gasteiger partial charge in [-0.05, 0) is 62.3 Å². The van der Waals surface area contributed by atoms with Crippen LogP contribution in [0.2, 0.25) is 0 Å². The van der Waals surface area contributed by atoms with Crippen molar-refractivity contribution < 1.29 is 0 Å². The van der Waals surface area contributed by atoms with Crippen molar-refractivity contribution in [1.82, 2.24) is 25.1 Å². The van der Waals surface area contributed by atoms with E-state index in [-0.39, 0.29) is 5.54 Å². The third kappa shape index (κ3) is 3.27. The third-order valence-electron chi connectivity index (χ3n) is 4.36. The third-order valence-corrected chi connectivity index (χ3v) is 4.36. The molecule has 0 unspecified atom stereocenters. The van der Waals surface area contributed by atoms with Gasteiger partial charge in [0.1, 0.15) is 0 Å². The van der Waals surface area contributed by atoms with E-state index in [1.54, 1.807) is 4.68 Å². The molecule has 1 aromatic heterocycles. The first kappa shape index (κ1) is 15.0. The first-order chi connectivity index (χ1) is 10.7. The molecular formula is C16H24N6. The van der Waals surface area contributed by atoms with Crippen LogP contribution in [-0.4, -0.2) is 50.3 Å². The number of hydrogen-bond acceptors (Lipinski definition) is 5. The van der Waals surface area contributed by atoms with Gasteiger partial charge in [-0.1, -0.05) is 29.7 Å². The lowest BCUT2D eigenvalue weighted by atomic mass is 9.98. The van der Waals surface area contributed by atoms with Crippen LogP contribution in [0.1, 0.15) is 33.1 Å². The number of rotatable bonds is 5. The molecular weight excluding hydrogens is 276 g/mol. The van der Waals surface area contributed by atoms with Crippen LogP contribution < -0.4 is 5.32 Å². The Hall–Kier alpha value is -1.95. The Morgan fingerprint density at radius 1 is 1.09 bits per heavy atom. The van der Waals surface area contributed by atoms with E-state index in [4.69, 9.17) is 0 Å². The molecule has 0 radical (unpaired) electrons. The molecule has 0 atom stereocenters. The van der Waals surface area contributed by atoms with Gasteiger partial charge in [-0.25, -0.2) is 0 Å². The van der Waals surface area contributed by atoms with Crippen LogP contribution in [0.25, 0.3) is 5.69 Å². The second-order valence-corrected chi connectivity index (χ2v) is 6.46. The van der Waals surface area contributed by atoms with Crippen molar-refractivity contribution in [3.8, 4) is 5.69 Å². The molecule has 1 aliphatic heterocycles. The first-order valence-electron chi connectivity index (χ1n) is 7.99. The fraction of sp³-hybridized carbons (Fsp3) is 0.562. The Balaban J connectivity index is 1.68. The largest absolute Gasteiger partial charge is 0.351 e. The topological polar surface area (TPSA) is 58.9 Å². The molecule has 3 rings (SSSR count). The van der Waals surface area contributed by atoms with Crippen molar-refractivity contribution in [2.75, 3.05) is 25.0 Å². The SMILES string of the molecule is CC(C)(CNc1nnnn1-c1ccccc1)N1CCCCC1. The van der Waals surface area contributed by atoms with E-state index < -0.39 is 0 Å². The molecule has 2 heterocycles. The maximum absolute atomic E-state index is 4.11. The lowest BCUT2D eigenvalue weighted by Gasteiger charge is -2.41. The standard InChI is InChI=1S/C16H24N6/c1-16(2,21-11-7-4-8-12-21)13-17-15-18-19-20-22(15)14-9-5-3-6-10-14/h3,5-6,9-10H,4,7-8,11-13H2,1-2H3,(H,17,18,20). The van der Waals surface area contributed by atoms with Gasteiger partial charge in [0.05, 0.1) is 5.69 Å². The zero-order chi connectivity index (χ0) is 15.4. The summed E-state index contributed by atoms with van der Waals surface area (Å²) in [6, 6.07) is 9.95. The fourth-order valence-electron chi connectivity index (χ4n) is 2.95. The Morgan fingerprint density at radius 2 is 1.82 bits per heavy atom. The molecule has 118 valence electrons. The second-order valence-electron chi connectivity index (χ2n) is 6.46. The Morgan fingerprint density at radius 3 is 2.55 bits per heavy atom. The van der Waals surface area contributed by atoms with Crippen LogP contribution in [0.3, 0.4) is 0 Å². The van der Waals surface area contributed by atoms with Gasteiger partial charge < -0.3 is 5.32 Å². The second kappa shape index (κ2) is 6.44. The summed E-state index contributed by atoms with van der Waals surface area (Å²) in [6.07, 6.45) is 3.95. The summed E-state index contributed by atoms with van der Waals surface area (Å²) in [5.41, 5.74) is 1.05. The lowest BCUT2D eigenvalue weighted by molar-refractivity contribution is 0.105. The highest BCUT2D eigenvalue weighted by Gasteiger charge is 2.28. The number of tetrazole rings is 1. The van der Waals surface area contributed by atoms with E-state index >= 15 is 0 Å². The van der Waals surface area contributed by atoms with Crippen molar-refractivity contribution >= 4 is 5.95 Å². The number of benzene rings is 1. The summed E-state index contributed by atoms with van der Waals surface area (Å²) < 4.78 is 1.74. The lowest BCUT2D eigenvalue weighted by Crippen LogP contribution is -2.51. The van der Waals surface area contributed by atoms with E-state index in [1.165, 1.54) is 32.4 Å². The Kier molecular flexibility index (Phi) is 4.38. The number of aromatic nitrogens is 4. The predicted octanol–water partition coefficient (Wildman–Crippen LogP) is 2.34. The molecule has 0 saturated carbocycles. The van der Waals surface area contributed by atoms with Gasteiger partial charge in [-0.3, -0.25) is 4.90 Å². The number of hydrogen-bond donors (Lipinski definition) is 1. The molecule has 0 spiro atoms. The van der Waals surface area contributed by atoms with Crippen LogP contribution in [0.15, 0.2) is 30.3 Å².